The summed E-state index contributed by atoms with van der Waals surface area (Å²) in [5, 5.41) is 2.39. The summed E-state index contributed by atoms with van der Waals surface area (Å²) in [5.74, 6) is 1.93. The molecule has 0 bridgehead atoms. The molecule has 3 nitrogen and oxygen atoms in total. The van der Waals surface area contributed by atoms with Crippen molar-refractivity contribution in [1.82, 2.24) is 5.32 Å². The van der Waals surface area contributed by atoms with E-state index in [9.17, 15) is 9.59 Å². The Morgan fingerprint density at radius 3 is 0.864 bits per heavy atom. The zero-order valence-electron chi connectivity index (χ0n) is 14.2. The molecule has 0 aliphatic rings. The largest absolute Gasteiger partial charge is 0.359 e. The lowest BCUT2D eigenvalue weighted by Gasteiger charge is -1.80. The van der Waals surface area contributed by atoms with Crippen molar-refractivity contribution in [2.24, 2.45) is 11.8 Å². The number of hydrogen-bond acceptors (Lipinski definition) is 2. The number of nitrogens with one attached hydrogen (secondary N) is 1. The van der Waals surface area contributed by atoms with Gasteiger partial charge < -0.3 is 10.1 Å². The highest BCUT2D eigenvalue weighted by molar-refractivity contribution is 5.74. The van der Waals surface area contributed by atoms with Crippen LogP contribution in [-0.2, 0) is 9.59 Å². The zero-order valence-corrected chi connectivity index (χ0v) is 14.2. The third-order valence-corrected chi connectivity index (χ3v) is 0.850. The lowest BCUT2D eigenvalue weighted by atomic mass is 10.3. The highest BCUT2D eigenvalue weighted by Gasteiger charge is 1.77. The number of ketones is 1. The van der Waals surface area contributed by atoms with E-state index in [2.05, 4.69) is 46.9 Å². The van der Waals surface area contributed by atoms with E-state index in [4.69, 9.17) is 0 Å². The van der Waals surface area contributed by atoms with E-state index < -0.39 is 0 Å². The Morgan fingerprint density at radius 1 is 0.773 bits per heavy atom. The fourth-order valence-corrected chi connectivity index (χ4v) is 0. The maximum Gasteiger partial charge on any atom is 0.216 e. The molecule has 0 radical (unpaired) electrons. The van der Waals surface area contributed by atoms with Gasteiger partial charge in [0.05, 0.1) is 0 Å². The molecule has 0 spiro atoms. The smallest absolute Gasteiger partial charge is 0.216 e. The second-order valence-corrected chi connectivity index (χ2v) is 5.33. The van der Waals surface area contributed by atoms with E-state index >= 15 is 0 Å². The summed E-state index contributed by atoms with van der Waals surface area (Å²) in [6, 6.07) is 0. The second kappa shape index (κ2) is 42.7. The maximum atomic E-state index is 9.81. The Kier molecular flexibility index (Phi) is 96.5. The second-order valence-electron chi connectivity index (χ2n) is 5.33. The average molecular weight is 326 g/mol. The SMILES string of the molecule is C.C.C.C.CC(C)C.CC(C)C.CCC(C)=O.CNC(C)=O. The molecule has 0 aromatic rings. The number of amides is 1. The van der Waals surface area contributed by atoms with Gasteiger partial charge in [0.1, 0.15) is 5.78 Å². The first-order chi connectivity index (χ1) is 8.00. The van der Waals surface area contributed by atoms with Crippen molar-refractivity contribution in [3.05, 3.63) is 0 Å². The maximum absolute atomic E-state index is 9.81. The average Bonchev–Trinajstić information content (AvgIpc) is 2.16. The number of carbonyl (C=O) groups excluding carboxylic acids is 2. The minimum atomic E-state index is 0. The first kappa shape index (κ1) is 49.7. The van der Waals surface area contributed by atoms with Crippen LogP contribution in [0.15, 0.2) is 0 Å². The van der Waals surface area contributed by atoms with E-state index in [0.29, 0.717) is 6.42 Å². The Hall–Kier alpha value is -0.860. The van der Waals surface area contributed by atoms with Gasteiger partial charge in [0.2, 0.25) is 5.91 Å². The van der Waals surface area contributed by atoms with E-state index in [1.165, 1.54) is 6.92 Å². The molecule has 0 aromatic heterocycles. The molecule has 0 aliphatic heterocycles. The Morgan fingerprint density at radius 2 is 0.864 bits per heavy atom. The molecule has 0 fully saturated rings. The standard InChI is InChI=1S/C4H8O.2C4H10.C3H7NO.4CH4/c1-3-4(2)5;2*1-4(2)3;1-3(5)4-2;;;;/h3H2,1-2H3;2*4H,1-3H3;1-2H3,(H,4,5);4*1H4. The fraction of sp³-hybridized carbons (Fsp3) is 0.895. The molecule has 0 rings (SSSR count). The molecule has 144 valence electrons. The summed E-state index contributed by atoms with van der Waals surface area (Å²) in [4.78, 5) is 19.5. The van der Waals surface area contributed by atoms with Gasteiger partial charge in [-0.1, -0.05) is 78.2 Å². The summed E-state index contributed by atoms with van der Waals surface area (Å²) in [6.07, 6.45) is 0.667. The number of rotatable bonds is 1. The van der Waals surface area contributed by atoms with Crippen LogP contribution in [0.4, 0.5) is 0 Å². The van der Waals surface area contributed by atoms with Crippen LogP contribution in [0, 0.1) is 11.8 Å². The van der Waals surface area contributed by atoms with Crippen molar-refractivity contribution in [3.63, 3.8) is 0 Å². The van der Waals surface area contributed by atoms with Gasteiger partial charge in [-0.2, -0.15) is 0 Å². The van der Waals surface area contributed by atoms with E-state index in [1.807, 2.05) is 6.92 Å². The van der Waals surface area contributed by atoms with E-state index in [0.717, 1.165) is 11.8 Å². The van der Waals surface area contributed by atoms with Crippen molar-refractivity contribution in [2.45, 2.75) is 98.4 Å². The molecule has 1 N–H and O–H groups in total. The van der Waals surface area contributed by atoms with Crippen LogP contribution in [0.5, 0.6) is 0 Å². The Bertz CT molecular complexity index is 151. The van der Waals surface area contributed by atoms with Crippen LogP contribution >= 0.6 is 0 Å². The highest BCUT2D eigenvalue weighted by Crippen LogP contribution is 1.81. The summed E-state index contributed by atoms with van der Waals surface area (Å²) in [5.41, 5.74) is 0. The number of carbonyl (C=O) groups is 2. The van der Waals surface area contributed by atoms with Crippen molar-refractivity contribution in [3.8, 4) is 0 Å². The van der Waals surface area contributed by atoms with Crippen LogP contribution in [0.1, 0.15) is 98.4 Å². The molecule has 0 heterocycles. The number of Topliss-reactive ketones (excluding diaryl/α,β-unsaturated/α-hetero) is 1. The predicted molar refractivity (Wildman–Crippen MR) is 109 cm³/mol. The third-order valence-electron chi connectivity index (χ3n) is 0.850. The third kappa shape index (κ3) is 639. The van der Waals surface area contributed by atoms with Crippen LogP contribution in [0.2, 0.25) is 0 Å². The van der Waals surface area contributed by atoms with Gasteiger partial charge in [0.25, 0.3) is 0 Å². The predicted octanol–water partition coefficient (Wildman–Crippen LogP) is 6.61. The van der Waals surface area contributed by atoms with Crippen LogP contribution < -0.4 is 5.32 Å². The van der Waals surface area contributed by atoms with Gasteiger partial charge in [0.15, 0.2) is 0 Å². The topological polar surface area (TPSA) is 46.2 Å². The molecular formula is C19H51NO2. The monoisotopic (exact) mass is 325 g/mol. The van der Waals surface area contributed by atoms with Crippen LogP contribution in [0.25, 0.3) is 0 Å². The van der Waals surface area contributed by atoms with Gasteiger partial charge in [-0.05, 0) is 18.8 Å². The van der Waals surface area contributed by atoms with Crippen LogP contribution in [-0.4, -0.2) is 18.7 Å². The minimum absolute atomic E-state index is 0. The van der Waals surface area contributed by atoms with Crippen molar-refractivity contribution < 1.29 is 9.59 Å². The molecule has 0 aromatic carbocycles. The van der Waals surface area contributed by atoms with Gasteiger partial charge in [-0.3, -0.25) is 4.79 Å². The van der Waals surface area contributed by atoms with E-state index in [1.54, 1.807) is 14.0 Å². The molecular weight excluding hydrogens is 274 g/mol. The first-order valence-electron chi connectivity index (χ1n) is 6.68. The van der Waals surface area contributed by atoms with Crippen LogP contribution in [0.3, 0.4) is 0 Å². The molecule has 0 saturated carbocycles. The van der Waals surface area contributed by atoms with Crippen molar-refractivity contribution >= 4 is 11.7 Å². The fourth-order valence-electron chi connectivity index (χ4n) is 0. The molecule has 0 aliphatic carbocycles. The minimum Gasteiger partial charge on any atom is -0.359 e. The summed E-state index contributed by atoms with van der Waals surface area (Å²) < 4.78 is 0. The van der Waals surface area contributed by atoms with Gasteiger partial charge >= 0.3 is 0 Å². The van der Waals surface area contributed by atoms with Crippen molar-refractivity contribution in [1.29, 1.82) is 0 Å². The highest BCUT2D eigenvalue weighted by atomic mass is 16.1. The van der Waals surface area contributed by atoms with E-state index in [-0.39, 0.29) is 41.4 Å². The lowest BCUT2D eigenvalue weighted by molar-refractivity contribution is -0.118. The van der Waals surface area contributed by atoms with Crippen molar-refractivity contribution in [2.75, 3.05) is 7.05 Å². The summed E-state index contributed by atoms with van der Waals surface area (Å²) >= 11 is 0. The Labute approximate surface area is 144 Å². The molecule has 22 heavy (non-hydrogen) atoms. The van der Waals surface area contributed by atoms with Gasteiger partial charge in [0, 0.05) is 20.4 Å². The normalized spacial score (nSPS) is 6.55. The zero-order chi connectivity index (χ0) is 15.7. The summed E-state index contributed by atoms with van der Waals surface area (Å²) in [7, 11) is 1.60. The molecule has 0 unspecified atom stereocenters. The molecule has 0 saturated heterocycles. The Balaban J connectivity index is -0.0000000188. The quantitative estimate of drug-likeness (QED) is 0.589. The summed E-state index contributed by atoms with van der Waals surface area (Å²) in [6.45, 7) is 17.9. The number of hydrogen-bond donors (Lipinski definition) is 1. The first-order valence-corrected chi connectivity index (χ1v) is 6.68. The van der Waals surface area contributed by atoms with Gasteiger partial charge in [-0.25, -0.2) is 0 Å². The van der Waals surface area contributed by atoms with Gasteiger partial charge in [-0.15, -0.1) is 0 Å². The molecule has 1 amide bonds. The molecule has 3 heteroatoms. The molecule has 0 atom stereocenters. The lowest BCUT2D eigenvalue weighted by Crippen LogP contribution is -2.11.